The van der Waals surface area contributed by atoms with Gasteiger partial charge >= 0.3 is 5.69 Å². The highest BCUT2D eigenvalue weighted by Crippen LogP contribution is 2.35. The fourth-order valence-electron chi connectivity index (χ4n) is 5.07. The maximum Gasteiger partial charge on any atom is 0.326 e. The molecule has 0 saturated heterocycles. The van der Waals surface area contributed by atoms with Gasteiger partial charge in [0.2, 0.25) is 5.91 Å². The Morgan fingerprint density at radius 2 is 1.89 bits per heavy atom. The highest BCUT2D eigenvalue weighted by molar-refractivity contribution is 6.06. The van der Waals surface area contributed by atoms with Crippen molar-refractivity contribution in [3.05, 3.63) is 70.7 Å². The number of nitrogens with zero attached hydrogens (tertiary/aromatic N) is 3. The molecule has 2 aromatic heterocycles. The molecular weight excluding hydrogens is 472 g/mol. The van der Waals surface area contributed by atoms with Crippen LogP contribution in [0.1, 0.15) is 47.8 Å². The molecule has 2 amide bonds. The van der Waals surface area contributed by atoms with Crippen LogP contribution in [0.5, 0.6) is 5.75 Å². The van der Waals surface area contributed by atoms with E-state index < -0.39 is 0 Å². The van der Waals surface area contributed by atoms with Crippen molar-refractivity contribution in [1.29, 1.82) is 0 Å². The number of aromatic amines is 1. The van der Waals surface area contributed by atoms with Gasteiger partial charge in [-0.3, -0.25) is 14.2 Å². The fraction of sp³-hybridized carbons (Fsp3) is 0.333. The smallest absolute Gasteiger partial charge is 0.326 e. The number of imidazole rings is 2. The van der Waals surface area contributed by atoms with Gasteiger partial charge in [0.05, 0.1) is 30.2 Å². The molecule has 1 aliphatic carbocycles. The highest BCUT2D eigenvalue weighted by atomic mass is 16.5. The minimum Gasteiger partial charge on any atom is -0.496 e. The lowest BCUT2D eigenvalue weighted by atomic mass is 9.85. The minimum absolute atomic E-state index is 0.0184. The summed E-state index contributed by atoms with van der Waals surface area (Å²) in [6.45, 7) is 1.95. The predicted octanol–water partition coefficient (Wildman–Crippen LogP) is 4.00. The Labute approximate surface area is 213 Å². The first-order chi connectivity index (χ1) is 17.8. The molecule has 0 unspecified atom stereocenters. The standard InChI is InChI=1S/C27H30N6O4/c1-16-7-10-18(13-23(16)37-3)29-25(34)17-8-11-19(12-9-17)33-22-6-4-5-20(24(22)31-27(33)36)30-26(35)21-14-32(2)15-28-21/h4-7,10,13-15,17,19H,8-9,11-12H2,1-3H3,(H,29,34)(H,30,35)(H,31,36)/t17-,19+. The number of H-pyrrole nitrogens is 1. The number of fused-ring (bicyclic) bond motifs is 1. The van der Waals surface area contributed by atoms with Gasteiger partial charge in [-0.15, -0.1) is 0 Å². The monoisotopic (exact) mass is 502 g/mol. The van der Waals surface area contributed by atoms with Crippen LogP contribution in [0.25, 0.3) is 11.0 Å². The number of carbonyl (C=O) groups is 2. The van der Waals surface area contributed by atoms with Crippen LogP contribution >= 0.6 is 0 Å². The van der Waals surface area contributed by atoms with E-state index >= 15 is 0 Å². The number of aryl methyl sites for hydroxylation is 2. The Hall–Kier alpha value is -4.34. The van der Waals surface area contributed by atoms with Crippen molar-refractivity contribution in [2.24, 2.45) is 13.0 Å². The van der Waals surface area contributed by atoms with Crippen LogP contribution in [0.4, 0.5) is 11.4 Å². The maximum absolute atomic E-state index is 13.0. The summed E-state index contributed by atoms with van der Waals surface area (Å²) in [6.07, 6.45) is 5.94. The molecule has 5 rings (SSSR count). The number of para-hydroxylation sites is 1. The molecule has 37 heavy (non-hydrogen) atoms. The van der Waals surface area contributed by atoms with Crippen LogP contribution in [-0.2, 0) is 11.8 Å². The molecule has 0 spiro atoms. The van der Waals surface area contributed by atoms with Crippen molar-refractivity contribution in [1.82, 2.24) is 19.1 Å². The second-order valence-corrected chi connectivity index (χ2v) is 9.56. The lowest BCUT2D eigenvalue weighted by Gasteiger charge is -2.28. The van der Waals surface area contributed by atoms with Crippen LogP contribution in [0.2, 0.25) is 0 Å². The third kappa shape index (κ3) is 4.87. The van der Waals surface area contributed by atoms with Crippen molar-refractivity contribution < 1.29 is 14.3 Å². The highest BCUT2D eigenvalue weighted by Gasteiger charge is 2.29. The van der Waals surface area contributed by atoms with Crippen LogP contribution < -0.4 is 21.1 Å². The summed E-state index contributed by atoms with van der Waals surface area (Å²) in [5, 5.41) is 5.86. The molecule has 0 atom stereocenters. The largest absolute Gasteiger partial charge is 0.496 e. The molecular formula is C27H30N6O4. The van der Waals surface area contributed by atoms with Crippen LogP contribution in [-0.4, -0.2) is 38.0 Å². The van der Waals surface area contributed by atoms with Gasteiger partial charge in [-0.05, 0) is 56.4 Å². The van der Waals surface area contributed by atoms with Gasteiger partial charge in [-0.2, -0.15) is 0 Å². The third-order valence-electron chi connectivity index (χ3n) is 7.05. The summed E-state index contributed by atoms with van der Waals surface area (Å²) in [6, 6.07) is 11.0. The van der Waals surface area contributed by atoms with E-state index in [1.807, 2.05) is 37.3 Å². The van der Waals surface area contributed by atoms with Crippen molar-refractivity contribution in [3.8, 4) is 5.75 Å². The zero-order chi connectivity index (χ0) is 26.1. The van der Waals surface area contributed by atoms with Gasteiger partial charge in [-0.1, -0.05) is 12.1 Å². The summed E-state index contributed by atoms with van der Waals surface area (Å²) in [7, 11) is 3.40. The number of carbonyl (C=O) groups excluding carboxylic acids is 2. The van der Waals surface area contributed by atoms with E-state index in [9.17, 15) is 14.4 Å². The summed E-state index contributed by atoms with van der Waals surface area (Å²) in [4.78, 5) is 45.5. The van der Waals surface area contributed by atoms with E-state index in [2.05, 4.69) is 20.6 Å². The number of benzene rings is 2. The van der Waals surface area contributed by atoms with Gasteiger partial charge in [-0.25, -0.2) is 9.78 Å². The quantitative estimate of drug-likeness (QED) is 0.368. The molecule has 0 bridgehead atoms. The van der Waals surface area contributed by atoms with Crippen molar-refractivity contribution in [3.63, 3.8) is 0 Å². The Morgan fingerprint density at radius 3 is 2.59 bits per heavy atom. The lowest BCUT2D eigenvalue weighted by molar-refractivity contribution is -0.121. The maximum atomic E-state index is 13.0. The van der Waals surface area contributed by atoms with Crippen LogP contribution in [0.15, 0.2) is 53.7 Å². The van der Waals surface area contributed by atoms with Crippen LogP contribution in [0, 0.1) is 12.8 Å². The lowest BCUT2D eigenvalue weighted by Crippen LogP contribution is -2.31. The minimum atomic E-state index is -0.348. The summed E-state index contributed by atoms with van der Waals surface area (Å²) in [5.41, 5.74) is 3.60. The number of nitrogens with one attached hydrogen (secondary N) is 3. The normalized spacial score (nSPS) is 17.5. The molecule has 3 N–H and O–H groups in total. The molecule has 4 aromatic rings. The number of aromatic nitrogens is 4. The molecule has 0 aliphatic heterocycles. The first kappa shape index (κ1) is 24.4. The third-order valence-corrected chi connectivity index (χ3v) is 7.05. The molecule has 1 saturated carbocycles. The van der Waals surface area contributed by atoms with Gasteiger partial charge in [0.25, 0.3) is 5.91 Å². The molecule has 10 nitrogen and oxygen atoms in total. The first-order valence-electron chi connectivity index (χ1n) is 12.3. The average Bonchev–Trinajstić information content (AvgIpc) is 3.48. The first-order valence-corrected chi connectivity index (χ1v) is 12.3. The van der Waals surface area contributed by atoms with E-state index in [-0.39, 0.29) is 29.5 Å². The number of rotatable bonds is 6. The number of amides is 2. The molecule has 192 valence electrons. The van der Waals surface area contributed by atoms with E-state index in [0.29, 0.717) is 48.3 Å². The summed E-state index contributed by atoms with van der Waals surface area (Å²) < 4.78 is 8.80. The Balaban J connectivity index is 1.28. The average molecular weight is 503 g/mol. The number of anilines is 2. The molecule has 0 radical (unpaired) electrons. The summed E-state index contributed by atoms with van der Waals surface area (Å²) >= 11 is 0. The molecule has 10 heteroatoms. The number of ether oxygens (including phenoxy) is 1. The number of hydrogen-bond acceptors (Lipinski definition) is 5. The topological polar surface area (TPSA) is 123 Å². The molecule has 1 fully saturated rings. The van der Waals surface area contributed by atoms with Crippen molar-refractivity contribution >= 4 is 34.2 Å². The van der Waals surface area contributed by atoms with E-state index in [0.717, 1.165) is 16.8 Å². The molecule has 2 heterocycles. The Morgan fingerprint density at radius 1 is 1.11 bits per heavy atom. The summed E-state index contributed by atoms with van der Waals surface area (Å²) in [5.74, 6) is 0.239. The predicted molar refractivity (Wildman–Crippen MR) is 141 cm³/mol. The number of hydrogen-bond donors (Lipinski definition) is 3. The van der Waals surface area contributed by atoms with Gasteiger partial charge < -0.3 is 24.9 Å². The molecule has 2 aromatic carbocycles. The van der Waals surface area contributed by atoms with Gasteiger partial charge in [0.1, 0.15) is 11.4 Å². The van der Waals surface area contributed by atoms with Gasteiger partial charge in [0, 0.05) is 37.0 Å². The van der Waals surface area contributed by atoms with Gasteiger partial charge in [0.15, 0.2) is 0 Å². The van der Waals surface area contributed by atoms with E-state index in [4.69, 9.17) is 4.74 Å². The Kier molecular flexibility index (Phi) is 6.56. The van der Waals surface area contributed by atoms with E-state index in [1.54, 1.807) is 41.9 Å². The van der Waals surface area contributed by atoms with Crippen molar-refractivity contribution in [2.45, 2.75) is 38.6 Å². The Bertz CT molecular complexity index is 1520. The van der Waals surface area contributed by atoms with E-state index in [1.165, 1.54) is 0 Å². The fourth-order valence-corrected chi connectivity index (χ4v) is 5.07. The second-order valence-electron chi connectivity index (χ2n) is 9.56. The second kappa shape index (κ2) is 9.96. The number of methoxy groups -OCH3 is 1. The molecule has 1 aliphatic rings. The van der Waals surface area contributed by atoms with Crippen molar-refractivity contribution in [2.75, 3.05) is 17.7 Å². The SMILES string of the molecule is COc1cc(NC(=O)[C@H]2CC[C@@H](n3c(=O)[nH]c4c(NC(=O)c5cn(C)cn5)cccc43)CC2)ccc1C. The van der Waals surface area contributed by atoms with Crippen LogP contribution in [0.3, 0.4) is 0 Å². The zero-order valence-corrected chi connectivity index (χ0v) is 21.1. The zero-order valence-electron chi connectivity index (χ0n) is 21.1.